The molecular formula is C15H23N5O2. The minimum absolute atomic E-state index is 0.109. The van der Waals surface area contributed by atoms with E-state index in [1.165, 1.54) is 0 Å². The second kappa shape index (κ2) is 5.62. The van der Waals surface area contributed by atoms with Gasteiger partial charge >= 0.3 is 6.03 Å². The fraction of sp³-hybridized carbons (Fsp3) is 0.667. The summed E-state index contributed by atoms with van der Waals surface area (Å²) in [4.78, 5) is 27.2. The van der Waals surface area contributed by atoms with Gasteiger partial charge in [-0.25, -0.2) is 4.79 Å². The number of rotatable bonds is 2. The molecule has 1 unspecified atom stereocenters. The van der Waals surface area contributed by atoms with Crippen LogP contribution in [0.2, 0.25) is 0 Å². The van der Waals surface area contributed by atoms with Gasteiger partial charge in [0.25, 0.3) is 0 Å². The molecule has 0 bridgehead atoms. The highest BCUT2D eigenvalue weighted by molar-refractivity contribution is 5.81. The van der Waals surface area contributed by atoms with Gasteiger partial charge in [0.15, 0.2) is 0 Å². The number of aryl methyl sites for hydroxylation is 2. The Kier molecular flexibility index (Phi) is 3.80. The van der Waals surface area contributed by atoms with Crippen LogP contribution in [0.4, 0.5) is 4.79 Å². The molecule has 7 nitrogen and oxygen atoms in total. The van der Waals surface area contributed by atoms with Crippen molar-refractivity contribution in [2.24, 2.45) is 11.7 Å². The van der Waals surface area contributed by atoms with Crippen LogP contribution >= 0.6 is 0 Å². The van der Waals surface area contributed by atoms with Gasteiger partial charge in [-0.3, -0.25) is 9.48 Å². The fourth-order valence-electron chi connectivity index (χ4n) is 3.44. The second-order valence-corrected chi connectivity index (χ2v) is 6.39. The summed E-state index contributed by atoms with van der Waals surface area (Å²) in [5.41, 5.74) is 7.46. The van der Waals surface area contributed by atoms with E-state index in [9.17, 15) is 9.59 Å². The van der Waals surface area contributed by atoms with Gasteiger partial charge in [0.1, 0.15) is 0 Å². The predicted molar refractivity (Wildman–Crippen MR) is 81.2 cm³/mol. The number of carbonyl (C=O) groups is 2. The Morgan fingerprint density at radius 3 is 2.55 bits per heavy atom. The predicted octanol–water partition coefficient (Wildman–Crippen LogP) is 0.674. The zero-order valence-electron chi connectivity index (χ0n) is 13.2. The summed E-state index contributed by atoms with van der Waals surface area (Å²) in [5.74, 6) is 0.0337. The van der Waals surface area contributed by atoms with Gasteiger partial charge in [-0.15, -0.1) is 0 Å². The van der Waals surface area contributed by atoms with E-state index < -0.39 is 6.03 Å². The molecule has 2 fully saturated rings. The van der Waals surface area contributed by atoms with Crippen molar-refractivity contribution in [1.29, 1.82) is 0 Å². The number of likely N-dealkylation sites (tertiary alicyclic amines) is 2. The first-order valence-electron chi connectivity index (χ1n) is 7.81. The molecule has 2 aliphatic heterocycles. The Bertz CT molecular complexity index is 591. The quantitative estimate of drug-likeness (QED) is 0.871. The number of primary amides is 1. The second-order valence-electron chi connectivity index (χ2n) is 6.39. The minimum atomic E-state index is -0.429. The lowest BCUT2D eigenvalue weighted by Gasteiger charge is -2.43. The summed E-state index contributed by atoms with van der Waals surface area (Å²) in [7, 11) is 0. The monoisotopic (exact) mass is 305 g/mol. The number of urea groups is 1. The van der Waals surface area contributed by atoms with Gasteiger partial charge in [-0.1, -0.05) is 0 Å². The topological polar surface area (TPSA) is 84.5 Å². The number of aromatic nitrogens is 2. The molecule has 0 spiro atoms. The van der Waals surface area contributed by atoms with E-state index in [0.29, 0.717) is 26.2 Å². The summed E-state index contributed by atoms with van der Waals surface area (Å²) in [6.45, 7) is 6.53. The normalized spacial score (nSPS) is 22.5. The fourth-order valence-corrected chi connectivity index (χ4v) is 3.44. The molecule has 1 aromatic heterocycles. The Morgan fingerprint density at radius 1 is 1.23 bits per heavy atom. The molecule has 0 aliphatic carbocycles. The number of carbonyl (C=O) groups excluding carboxylic acids is 2. The maximum absolute atomic E-state index is 12.5. The summed E-state index contributed by atoms with van der Waals surface area (Å²) in [5, 5.41) is 4.48. The van der Waals surface area contributed by atoms with E-state index in [1.807, 2.05) is 23.4 Å². The Morgan fingerprint density at radius 2 is 1.95 bits per heavy atom. The molecule has 120 valence electrons. The highest BCUT2D eigenvalue weighted by Gasteiger charge is 2.38. The van der Waals surface area contributed by atoms with Gasteiger partial charge in [-0.05, 0) is 32.8 Å². The molecule has 3 heterocycles. The van der Waals surface area contributed by atoms with Crippen molar-refractivity contribution >= 4 is 11.9 Å². The number of hydrogen-bond acceptors (Lipinski definition) is 3. The van der Waals surface area contributed by atoms with Gasteiger partial charge in [0.05, 0.1) is 17.7 Å². The average Bonchev–Trinajstić information content (AvgIpc) is 2.76. The third-order valence-electron chi connectivity index (χ3n) is 4.65. The smallest absolute Gasteiger partial charge is 0.314 e. The first-order chi connectivity index (χ1) is 10.5. The largest absolute Gasteiger partial charge is 0.351 e. The Hall–Kier alpha value is -2.05. The van der Waals surface area contributed by atoms with Crippen molar-refractivity contribution in [1.82, 2.24) is 19.6 Å². The number of hydrogen-bond donors (Lipinski definition) is 1. The lowest BCUT2D eigenvalue weighted by molar-refractivity contribution is -0.143. The molecule has 1 atom stereocenters. The molecule has 0 aromatic carbocycles. The molecule has 2 N–H and O–H groups in total. The van der Waals surface area contributed by atoms with E-state index in [-0.39, 0.29) is 17.9 Å². The van der Waals surface area contributed by atoms with Crippen LogP contribution in [0.15, 0.2) is 6.07 Å². The standard InChI is InChI=1S/C15H23N5O2/c1-10-6-11(2)20(17-10)13-8-19(9-13)14(21)12-4-3-5-18(7-12)15(16)22/h6,12-13H,3-5,7-9H2,1-2H3,(H2,16,22). The van der Waals surface area contributed by atoms with Crippen molar-refractivity contribution in [2.75, 3.05) is 26.2 Å². The third-order valence-corrected chi connectivity index (χ3v) is 4.65. The van der Waals surface area contributed by atoms with Gasteiger partial charge in [0, 0.05) is 31.9 Å². The van der Waals surface area contributed by atoms with Crippen LogP contribution < -0.4 is 5.73 Å². The van der Waals surface area contributed by atoms with Crippen LogP contribution in [0.3, 0.4) is 0 Å². The lowest BCUT2D eigenvalue weighted by Crippen LogP contribution is -2.55. The molecule has 0 radical (unpaired) electrons. The van der Waals surface area contributed by atoms with Crippen molar-refractivity contribution in [2.45, 2.75) is 32.7 Å². The molecule has 0 saturated carbocycles. The number of amides is 3. The molecule has 1 aromatic rings. The molecule has 3 rings (SSSR count). The van der Waals surface area contributed by atoms with E-state index in [2.05, 4.69) is 11.2 Å². The summed E-state index contributed by atoms with van der Waals surface area (Å²) < 4.78 is 2.01. The minimum Gasteiger partial charge on any atom is -0.351 e. The maximum atomic E-state index is 12.5. The van der Waals surface area contributed by atoms with Crippen LogP contribution in [0.25, 0.3) is 0 Å². The molecule has 2 saturated heterocycles. The van der Waals surface area contributed by atoms with Crippen LogP contribution in [-0.2, 0) is 4.79 Å². The van der Waals surface area contributed by atoms with Crippen LogP contribution in [0, 0.1) is 19.8 Å². The van der Waals surface area contributed by atoms with Crippen LogP contribution in [0.1, 0.15) is 30.3 Å². The number of nitrogens with zero attached hydrogens (tertiary/aromatic N) is 4. The third kappa shape index (κ3) is 2.67. The van der Waals surface area contributed by atoms with Gasteiger partial charge in [0.2, 0.25) is 5.91 Å². The molecule has 3 amide bonds. The number of piperidine rings is 1. The molecule has 22 heavy (non-hydrogen) atoms. The zero-order chi connectivity index (χ0) is 15.9. The van der Waals surface area contributed by atoms with Crippen molar-refractivity contribution < 1.29 is 9.59 Å². The van der Waals surface area contributed by atoms with Crippen LogP contribution in [0.5, 0.6) is 0 Å². The molecule has 7 heteroatoms. The zero-order valence-corrected chi connectivity index (χ0v) is 13.2. The maximum Gasteiger partial charge on any atom is 0.314 e. The average molecular weight is 305 g/mol. The van der Waals surface area contributed by atoms with E-state index in [0.717, 1.165) is 24.2 Å². The Balaban J connectivity index is 1.57. The first kappa shape index (κ1) is 14.9. The van der Waals surface area contributed by atoms with E-state index in [1.54, 1.807) is 4.90 Å². The summed E-state index contributed by atoms with van der Waals surface area (Å²) >= 11 is 0. The summed E-state index contributed by atoms with van der Waals surface area (Å²) in [6.07, 6.45) is 1.68. The van der Waals surface area contributed by atoms with Crippen molar-refractivity contribution in [3.05, 3.63) is 17.5 Å². The van der Waals surface area contributed by atoms with E-state index in [4.69, 9.17) is 5.73 Å². The summed E-state index contributed by atoms with van der Waals surface area (Å²) in [6, 6.07) is 1.89. The highest BCUT2D eigenvalue weighted by Crippen LogP contribution is 2.27. The van der Waals surface area contributed by atoms with Crippen LogP contribution in [-0.4, -0.2) is 57.7 Å². The first-order valence-corrected chi connectivity index (χ1v) is 7.81. The molecular weight excluding hydrogens is 282 g/mol. The SMILES string of the molecule is Cc1cc(C)n(C2CN(C(=O)C3CCCN(C(N)=O)C3)C2)n1. The van der Waals surface area contributed by atoms with Crippen molar-refractivity contribution in [3.63, 3.8) is 0 Å². The van der Waals surface area contributed by atoms with Gasteiger partial charge < -0.3 is 15.5 Å². The van der Waals surface area contributed by atoms with Gasteiger partial charge in [-0.2, -0.15) is 5.10 Å². The van der Waals surface area contributed by atoms with E-state index >= 15 is 0 Å². The number of nitrogens with two attached hydrogens (primary N) is 1. The molecule has 2 aliphatic rings. The lowest BCUT2D eigenvalue weighted by atomic mass is 9.94. The Labute approximate surface area is 130 Å². The van der Waals surface area contributed by atoms with Crippen molar-refractivity contribution in [3.8, 4) is 0 Å². The highest BCUT2D eigenvalue weighted by atomic mass is 16.2.